The summed E-state index contributed by atoms with van der Waals surface area (Å²) in [6.07, 6.45) is 10.5. The maximum atomic E-state index is 9.22. The molecule has 1 saturated carbocycles. The van der Waals surface area contributed by atoms with Gasteiger partial charge in [-0.1, -0.05) is 19.3 Å². The van der Waals surface area contributed by atoms with Crippen LogP contribution in [-0.2, 0) is 6.54 Å². The third kappa shape index (κ3) is 3.56. The molecular formula is C14H25N3O. The van der Waals surface area contributed by atoms with Crippen LogP contribution in [0.1, 0.15) is 37.9 Å². The van der Waals surface area contributed by atoms with Gasteiger partial charge in [0.15, 0.2) is 0 Å². The van der Waals surface area contributed by atoms with E-state index in [0.29, 0.717) is 6.04 Å². The van der Waals surface area contributed by atoms with E-state index in [9.17, 15) is 5.11 Å². The van der Waals surface area contributed by atoms with Crippen LogP contribution in [-0.4, -0.2) is 45.3 Å². The second-order valence-corrected chi connectivity index (χ2v) is 5.22. The van der Waals surface area contributed by atoms with Gasteiger partial charge in [-0.05, 0) is 19.8 Å². The smallest absolute Gasteiger partial charge is 0.105 e. The SMILES string of the molecule is Cc1nccn1CCN(CCO)C1CCCCC1. The first-order valence-corrected chi connectivity index (χ1v) is 7.14. The molecule has 0 unspecified atom stereocenters. The zero-order valence-electron chi connectivity index (χ0n) is 11.4. The Morgan fingerprint density at radius 2 is 2.11 bits per heavy atom. The highest BCUT2D eigenvalue weighted by atomic mass is 16.3. The number of aliphatic hydroxyl groups is 1. The van der Waals surface area contributed by atoms with Gasteiger partial charge in [0.1, 0.15) is 5.82 Å². The number of aromatic nitrogens is 2. The molecule has 0 aliphatic heterocycles. The van der Waals surface area contributed by atoms with Crippen molar-refractivity contribution in [3.05, 3.63) is 18.2 Å². The summed E-state index contributed by atoms with van der Waals surface area (Å²) in [5, 5.41) is 9.22. The summed E-state index contributed by atoms with van der Waals surface area (Å²) < 4.78 is 2.19. The summed E-state index contributed by atoms with van der Waals surface area (Å²) in [5.41, 5.74) is 0. The summed E-state index contributed by atoms with van der Waals surface area (Å²) in [7, 11) is 0. The van der Waals surface area contributed by atoms with Crippen molar-refractivity contribution in [2.45, 2.75) is 51.6 Å². The standard InChI is InChI=1S/C14H25N3O/c1-13-15-7-8-16(13)9-10-17(11-12-18)14-5-3-2-4-6-14/h7-8,14,18H,2-6,9-12H2,1H3. The molecule has 0 radical (unpaired) electrons. The monoisotopic (exact) mass is 251 g/mol. The van der Waals surface area contributed by atoms with Crippen LogP contribution in [0.25, 0.3) is 0 Å². The van der Waals surface area contributed by atoms with E-state index in [0.717, 1.165) is 25.5 Å². The Morgan fingerprint density at radius 3 is 2.72 bits per heavy atom. The molecule has 1 aliphatic carbocycles. The van der Waals surface area contributed by atoms with Gasteiger partial charge in [0, 0.05) is 38.1 Å². The summed E-state index contributed by atoms with van der Waals surface area (Å²) in [6.45, 7) is 5.10. The summed E-state index contributed by atoms with van der Waals surface area (Å²) in [5.74, 6) is 1.07. The molecule has 4 nitrogen and oxygen atoms in total. The molecular weight excluding hydrogens is 226 g/mol. The lowest BCUT2D eigenvalue weighted by atomic mass is 9.94. The highest BCUT2D eigenvalue weighted by Gasteiger charge is 2.20. The predicted molar refractivity (Wildman–Crippen MR) is 72.5 cm³/mol. The minimum atomic E-state index is 0.263. The molecule has 1 aliphatic rings. The van der Waals surface area contributed by atoms with Crippen molar-refractivity contribution < 1.29 is 5.11 Å². The fourth-order valence-electron chi connectivity index (χ4n) is 2.93. The van der Waals surface area contributed by atoms with Crippen LogP contribution in [0.15, 0.2) is 12.4 Å². The Morgan fingerprint density at radius 1 is 1.33 bits per heavy atom. The van der Waals surface area contributed by atoms with Crippen molar-refractivity contribution in [2.24, 2.45) is 0 Å². The lowest BCUT2D eigenvalue weighted by molar-refractivity contribution is 0.120. The average molecular weight is 251 g/mol. The Labute approximate surface area is 110 Å². The van der Waals surface area contributed by atoms with Crippen molar-refractivity contribution in [3.8, 4) is 0 Å². The lowest BCUT2D eigenvalue weighted by Crippen LogP contribution is -2.40. The van der Waals surface area contributed by atoms with Gasteiger partial charge in [-0.15, -0.1) is 0 Å². The van der Waals surface area contributed by atoms with Crippen molar-refractivity contribution in [1.82, 2.24) is 14.5 Å². The maximum Gasteiger partial charge on any atom is 0.105 e. The molecule has 1 fully saturated rings. The zero-order valence-corrected chi connectivity index (χ0v) is 11.4. The molecule has 0 aromatic carbocycles. The Hall–Kier alpha value is -0.870. The molecule has 0 amide bonds. The third-order valence-electron chi connectivity index (χ3n) is 4.03. The van der Waals surface area contributed by atoms with Crippen molar-refractivity contribution in [3.63, 3.8) is 0 Å². The molecule has 1 N–H and O–H groups in total. The predicted octanol–water partition coefficient (Wildman–Crippen LogP) is 1.82. The lowest BCUT2D eigenvalue weighted by Gasteiger charge is -2.34. The van der Waals surface area contributed by atoms with Gasteiger partial charge in [0.2, 0.25) is 0 Å². The molecule has 0 spiro atoms. The Balaban J connectivity index is 1.87. The fourth-order valence-corrected chi connectivity index (χ4v) is 2.93. The molecule has 0 bridgehead atoms. The van der Waals surface area contributed by atoms with Gasteiger partial charge in [-0.25, -0.2) is 4.98 Å². The number of aryl methyl sites for hydroxylation is 1. The minimum Gasteiger partial charge on any atom is -0.395 e. The minimum absolute atomic E-state index is 0.263. The van der Waals surface area contributed by atoms with Gasteiger partial charge in [-0.3, -0.25) is 4.90 Å². The molecule has 1 aromatic heterocycles. The van der Waals surface area contributed by atoms with Crippen LogP contribution in [0.3, 0.4) is 0 Å². The topological polar surface area (TPSA) is 41.3 Å². The van der Waals surface area contributed by atoms with E-state index in [1.807, 2.05) is 19.3 Å². The van der Waals surface area contributed by atoms with Crippen molar-refractivity contribution in [1.29, 1.82) is 0 Å². The van der Waals surface area contributed by atoms with Crippen LogP contribution >= 0.6 is 0 Å². The maximum absolute atomic E-state index is 9.22. The van der Waals surface area contributed by atoms with Crippen LogP contribution in [0.5, 0.6) is 0 Å². The number of rotatable bonds is 6. The highest BCUT2D eigenvalue weighted by Crippen LogP contribution is 2.22. The third-order valence-corrected chi connectivity index (χ3v) is 4.03. The summed E-state index contributed by atoms with van der Waals surface area (Å²) in [6, 6.07) is 0.676. The van der Waals surface area contributed by atoms with Gasteiger partial charge in [0.25, 0.3) is 0 Å². The first-order chi connectivity index (χ1) is 8.81. The van der Waals surface area contributed by atoms with Crippen LogP contribution in [0.4, 0.5) is 0 Å². The van der Waals surface area contributed by atoms with E-state index in [1.165, 1.54) is 32.1 Å². The number of aliphatic hydroxyl groups excluding tert-OH is 1. The van der Waals surface area contributed by atoms with Crippen LogP contribution in [0.2, 0.25) is 0 Å². The first-order valence-electron chi connectivity index (χ1n) is 7.14. The number of imidazole rings is 1. The van der Waals surface area contributed by atoms with E-state index in [4.69, 9.17) is 0 Å². The molecule has 0 saturated heterocycles. The van der Waals surface area contributed by atoms with Gasteiger partial charge in [-0.2, -0.15) is 0 Å². The van der Waals surface area contributed by atoms with Crippen molar-refractivity contribution >= 4 is 0 Å². The number of hydrogen-bond acceptors (Lipinski definition) is 3. The van der Waals surface area contributed by atoms with Crippen LogP contribution in [0, 0.1) is 6.92 Å². The molecule has 18 heavy (non-hydrogen) atoms. The van der Waals surface area contributed by atoms with E-state index < -0.39 is 0 Å². The summed E-state index contributed by atoms with van der Waals surface area (Å²) >= 11 is 0. The molecule has 4 heteroatoms. The quantitative estimate of drug-likeness (QED) is 0.838. The molecule has 0 atom stereocenters. The summed E-state index contributed by atoms with van der Waals surface area (Å²) in [4.78, 5) is 6.71. The van der Waals surface area contributed by atoms with Gasteiger partial charge < -0.3 is 9.67 Å². The molecule has 2 rings (SSSR count). The molecule has 1 aromatic rings. The van der Waals surface area contributed by atoms with E-state index in [-0.39, 0.29) is 6.61 Å². The fraction of sp³-hybridized carbons (Fsp3) is 0.786. The molecule has 1 heterocycles. The van der Waals surface area contributed by atoms with E-state index >= 15 is 0 Å². The average Bonchev–Trinajstić information content (AvgIpc) is 2.81. The second kappa shape index (κ2) is 6.90. The number of nitrogens with zero attached hydrogens (tertiary/aromatic N) is 3. The van der Waals surface area contributed by atoms with Crippen molar-refractivity contribution in [2.75, 3.05) is 19.7 Å². The normalized spacial score (nSPS) is 17.5. The number of hydrogen-bond donors (Lipinski definition) is 1. The van der Waals surface area contributed by atoms with E-state index in [2.05, 4.69) is 14.5 Å². The Bertz CT molecular complexity index is 345. The van der Waals surface area contributed by atoms with E-state index in [1.54, 1.807) is 0 Å². The van der Waals surface area contributed by atoms with Gasteiger partial charge >= 0.3 is 0 Å². The first kappa shape index (κ1) is 13.6. The molecule has 102 valence electrons. The van der Waals surface area contributed by atoms with Crippen LogP contribution < -0.4 is 0 Å². The largest absolute Gasteiger partial charge is 0.395 e. The van der Waals surface area contributed by atoms with Gasteiger partial charge in [0.05, 0.1) is 6.61 Å². The second-order valence-electron chi connectivity index (χ2n) is 5.22. The Kier molecular flexibility index (Phi) is 5.20. The highest BCUT2D eigenvalue weighted by molar-refractivity contribution is 4.88. The zero-order chi connectivity index (χ0) is 12.8.